The summed E-state index contributed by atoms with van der Waals surface area (Å²) in [4.78, 5) is 14.0. The lowest BCUT2D eigenvalue weighted by atomic mass is 10.2. The number of nitriles is 1. The third kappa shape index (κ3) is 4.42. The van der Waals surface area contributed by atoms with Crippen LogP contribution in [-0.4, -0.2) is 49.7 Å². The van der Waals surface area contributed by atoms with E-state index in [9.17, 15) is 13.2 Å². The molecule has 1 amide bonds. The zero-order valence-electron chi connectivity index (χ0n) is 15.0. The van der Waals surface area contributed by atoms with Gasteiger partial charge in [-0.15, -0.1) is 0 Å². The number of hydrogen-bond acceptors (Lipinski definition) is 4. The molecule has 0 N–H and O–H groups in total. The first kappa shape index (κ1) is 20.1. The summed E-state index contributed by atoms with van der Waals surface area (Å²) in [5, 5.41) is 9.79. The Hall–Kier alpha value is -2.66. The Kier molecular flexibility index (Phi) is 6.15. The second-order valence-corrected chi connectivity index (χ2v) is 8.57. The highest BCUT2D eigenvalue weighted by atomic mass is 35.5. The lowest BCUT2D eigenvalue weighted by molar-refractivity contribution is -0.127. The van der Waals surface area contributed by atoms with Gasteiger partial charge in [0.25, 0.3) is 0 Å². The monoisotopic (exact) mass is 415 g/mol. The first-order chi connectivity index (χ1) is 13.4. The summed E-state index contributed by atoms with van der Waals surface area (Å²) < 4.78 is 27.0. The minimum absolute atomic E-state index is 0.0000826. The van der Waals surface area contributed by atoms with Gasteiger partial charge in [0.05, 0.1) is 10.5 Å². The van der Waals surface area contributed by atoms with Gasteiger partial charge in [0.2, 0.25) is 15.9 Å². The van der Waals surface area contributed by atoms with Crippen molar-refractivity contribution in [3.63, 3.8) is 0 Å². The molecule has 1 saturated heterocycles. The van der Waals surface area contributed by atoms with Gasteiger partial charge in [-0.3, -0.25) is 4.79 Å². The molecule has 0 saturated carbocycles. The first-order valence-electron chi connectivity index (χ1n) is 8.63. The topological polar surface area (TPSA) is 81.5 Å². The number of hydrogen-bond donors (Lipinski definition) is 0. The number of benzene rings is 2. The highest BCUT2D eigenvalue weighted by Crippen LogP contribution is 2.21. The Labute approximate surface area is 169 Å². The summed E-state index contributed by atoms with van der Waals surface area (Å²) in [5.74, 6) is -0.176. The molecule has 0 radical (unpaired) electrons. The van der Waals surface area contributed by atoms with Crippen LogP contribution in [-0.2, 0) is 14.8 Å². The molecule has 144 valence electrons. The fourth-order valence-corrected chi connectivity index (χ4v) is 4.61. The number of amides is 1. The van der Waals surface area contributed by atoms with Crippen molar-refractivity contribution in [2.75, 3.05) is 26.2 Å². The molecule has 1 fully saturated rings. The van der Waals surface area contributed by atoms with Crippen LogP contribution >= 0.6 is 11.6 Å². The van der Waals surface area contributed by atoms with E-state index in [0.29, 0.717) is 5.02 Å². The third-order valence-corrected chi connectivity index (χ3v) is 6.67. The van der Waals surface area contributed by atoms with Crippen molar-refractivity contribution in [1.29, 1.82) is 5.26 Å². The standard InChI is InChI=1S/C20H18ClN3O3S/c21-18-8-5-16(6-9-18)7-10-20(25)23-11-13-24(14-12-23)28(26,27)19-4-2-1-3-17(19)15-22/h1-10H,11-14H2. The fraction of sp³-hybridized carbons (Fsp3) is 0.200. The van der Waals surface area contributed by atoms with Gasteiger partial charge in [0.1, 0.15) is 6.07 Å². The van der Waals surface area contributed by atoms with E-state index in [1.165, 1.54) is 22.5 Å². The predicted octanol–water partition coefficient (Wildman–Crippen LogP) is 2.76. The molecule has 0 atom stereocenters. The summed E-state index contributed by atoms with van der Waals surface area (Å²) >= 11 is 5.84. The second-order valence-electron chi connectivity index (χ2n) is 6.22. The largest absolute Gasteiger partial charge is 0.337 e. The van der Waals surface area contributed by atoms with E-state index in [1.54, 1.807) is 35.2 Å². The van der Waals surface area contributed by atoms with E-state index in [2.05, 4.69) is 0 Å². The summed E-state index contributed by atoms with van der Waals surface area (Å²) in [6.45, 7) is 0.945. The molecule has 6 nitrogen and oxygen atoms in total. The van der Waals surface area contributed by atoms with Crippen LogP contribution in [0.15, 0.2) is 59.5 Å². The number of carbonyl (C=O) groups excluding carboxylic acids is 1. The van der Waals surface area contributed by atoms with E-state index < -0.39 is 10.0 Å². The molecule has 1 aliphatic rings. The molecule has 3 rings (SSSR count). The summed E-state index contributed by atoms with van der Waals surface area (Å²) in [7, 11) is -3.77. The van der Waals surface area contributed by atoms with Crippen LogP contribution in [0.4, 0.5) is 0 Å². The van der Waals surface area contributed by atoms with Crippen molar-refractivity contribution in [3.8, 4) is 6.07 Å². The van der Waals surface area contributed by atoms with Gasteiger partial charge in [-0.1, -0.05) is 35.9 Å². The lowest BCUT2D eigenvalue weighted by Crippen LogP contribution is -2.50. The van der Waals surface area contributed by atoms with Crippen molar-refractivity contribution in [3.05, 3.63) is 70.8 Å². The molecule has 28 heavy (non-hydrogen) atoms. The van der Waals surface area contributed by atoms with E-state index in [0.717, 1.165) is 5.56 Å². The minimum atomic E-state index is -3.77. The maximum absolute atomic E-state index is 12.8. The summed E-state index contributed by atoms with van der Waals surface area (Å²) in [5.41, 5.74) is 0.971. The van der Waals surface area contributed by atoms with E-state index in [4.69, 9.17) is 16.9 Å². The van der Waals surface area contributed by atoms with Gasteiger partial charge >= 0.3 is 0 Å². The van der Waals surface area contributed by atoms with Crippen molar-refractivity contribution >= 4 is 33.6 Å². The maximum atomic E-state index is 12.8. The van der Waals surface area contributed by atoms with Gasteiger partial charge in [-0.05, 0) is 35.9 Å². The van der Waals surface area contributed by atoms with Gasteiger partial charge < -0.3 is 4.90 Å². The number of nitrogens with zero attached hydrogens (tertiary/aromatic N) is 3. The highest BCUT2D eigenvalue weighted by molar-refractivity contribution is 7.89. The molecule has 0 bridgehead atoms. The van der Waals surface area contributed by atoms with Gasteiger partial charge in [0, 0.05) is 37.3 Å². The van der Waals surface area contributed by atoms with E-state index in [1.807, 2.05) is 18.2 Å². The Morgan fingerprint density at radius 1 is 1.04 bits per heavy atom. The van der Waals surface area contributed by atoms with Crippen molar-refractivity contribution < 1.29 is 13.2 Å². The molecule has 1 heterocycles. The molecule has 2 aromatic rings. The summed E-state index contributed by atoms with van der Waals surface area (Å²) in [6.07, 6.45) is 3.17. The molecule has 8 heteroatoms. The van der Waals surface area contributed by atoms with Gasteiger partial charge in [-0.2, -0.15) is 9.57 Å². The predicted molar refractivity (Wildman–Crippen MR) is 107 cm³/mol. The molecule has 0 unspecified atom stereocenters. The Balaban J connectivity index is 1.64. The van der Waals surface area contributed by atoms with Crippen LogP contribution in [0, 0.1) is 11.3 Å². The van der Waals surface area contributed by atoms with E-state index >= 15 is 0 Å². The lowest BCUT2D eigenvalue weighted by Gasteiger charge is -2.33. The molecule has 1 aliphatic heterocycles. The van der Waals surface area contributed by atoms with Crippen LogP contribution in [0.5, 0.6) is 0 Å². The molecular weight excluding hydrogens is 398 g/mol. The zero-order chi connectivity index (χ0) is 20.1. The Morgan fingerprint density at radius 2 is 1.68 bits per heavy atom. The van der Waals surface area contributed by atoms with Crippen molar-refractivity contribution in [2.45, 2.75) is 4.90 Å². The number of sulfonamides is 1. The number of halogens is 1. The van der Waals surface area contributed by atoms with Crippen LogP contribution in [0.25, 0.3) is 6.08 Å². The zero-order valence-corrected chi connectivity index (χ0v) is 16.5. The second kappa shape index (κ2) is 8.57. The minimum Gasteiger partial charge on any atom is -0.337 e. The first-order valence-corrected chi connectivity index (χ1v) is 10.5. The normalized spacial score (nSPS) is 15.5. The Morgan fingerprint density at radius 3 is 2.32 bits per heavy atom. The highest BCUT2D eigenvalue weighted by Gasteiger charge is 2.31. The molecular formula is C20H18ClN3O3S. The van der Waals surface area contributed by atoms with Crippen molar-refractivity contribution in [1.82, 2.24) is 9.21 Å². The van der Waals surface area contributed by atoms with Gasteiger partial charge in [0.15, 0.2) is 0 Å². The quantitative estimate of drug-likeness (QED) is 0.719. The average molecular weight is 416 g/mol. The smallest absolute Gasteiger partial charge is 0.246 e. The Bertz CT molecular complexity index is 1040. The third-order valence-electron chi connectivity index (χ3n) is 4.46. The van der Waals surface area contributed by atoms with Crippen molar-refractivity contribution in [2.24, 2.45) is 0 Å². The summed E-state index contributed by atoms with van der Waals surface area (Å²) in [6, 6.07) is 15.2. The SMILES string of the molecule is N#Cc1ccccc1S(=O)(=O)N1CCN(C(=O)C=Cc2ccc(Cl)cc2)CC1. The molecule has 2 aromatic carbocycles. The van der Waals surface area contributed by atoms with Crippen LogP contribution < -0.4 is 0 Å². The number of carbonyl (C=O) groups is 1. The number of rotatable bonds is 4. The molecule has 0 aliphatic carbocycles. The maximum Gasteiger partial charge on any atom is 0.246 e. The van der Waals surface area contributed by atoms with E-state index in [-0.39, 0.29) is 42.5 Å². The fourth-order valence-electron chi connectivity index (χ4n) is 2.92. The number of piperazine rings is 1. The van der Waals surface area contributed by atoms with Crippen LogP contribution in [0.2, 0.25) is 5.02 Å². The van der Waals surface area contributed by atoms with Crippen LogP contribution in [0.3, 0.4) is 0 Å². The van der Waals surface area contributed by atoms with Gasteiger partial charge in [-0.25, -0.2) is 8.42 Å². The molecule has 0 aromatic heterocycles. The molecule has 0 spiro atoms. The average Bonchev–Trinajstić information content (AvgIpc) is 2.73. The van der Waals surface area contributed by atoms with Crippen LogP contribution in [0.1, 0.15) is 11.1 Å².